The largest absolute Gasteiger partial charge is 0.299 e. The van der Waals surface area contributed by atoms with E-state index < -0.39 is 0 Å². The Labute approximate surface area is 117 Å². The van der Waals surface area contributed by atoms with Crippen molar-refractivity contribution in [2.45, 2.75) is 59.3 Å². The maximum atomic E-state index is 12.4. The maximum absolute atomic E-state index is 12.4. The molecular formula is C18H26O. The van der Waals surface area contributed by atoms with Crippen LogP contribution < -0.4 is 0 Å². The van der Waals surface area contributed by atoms with Crippen molar-refractivity contribution in [3.8, 4) is 0 Å². The molecule has 2 unspecified atom stereocenters. The molecule has 0 aromatic heterocycles. The molecule has 104 valence electrons. The lowest BCUT2D eigenvalue weighted by Crippen LogP contribution is -2.38. The molecule has 0 amide bonds. The number of hydrogen-bond donors (Lipinski definition) is 0. The van der Waals surface area contributed by atoms with Gasteiger partial charge in [-0.2, -0.15) is 0 Å². The minimum Gasteiger partial charge on any atom is -0.299 e. The fourth-order valence-corrected chi connectivity index (χ4v) is 3.69. The highest BCUT2D eigenvalue weighted by atomic mass is 16.1. The molecule has 2 atom stereocenters. The number of aryl methyl sites for hydroxylation is 2. The zero-order valence-corrected chi connectivity index (χ0v) is 12.9. The van der Waals surface area contributed by atoms with E-state index in [1.807, 2.05) is 0 Å². The van der Waals surface area contributed by atoms with Crippen molar-refractivity contribution in [3.05, 3.63) is 34.9 Å². The average Bonchev–Trinajstić information content (AvgIpc) is 2.27. The molecule has 0 saturated heterocycles. The van der Waals surface area contributed by atoms with Crippen LogP contribution in [0.4, 0.5) is 0 Å². The van der Waals surface area contributed by atoms with E-state index in [1.165, 1.54) is 23.1 Å². The maximum Gasteiger partial charge on any atom is 0.137 e. The molecule has 19 heavy (non-hydrogen) atoms. The second-order valence-electron chi connectivity index (χ2n) is 6.95. The fraction of sp³-hybridized carbons (Fsp3) is 0.611. The first-order chi connectivity index (χ1) is 8.82. The summed E-state index contributed by atoms with van der Waals surface area (Å²) >= 11 is 0. The monoisotopic (exact) mass is 258 g/mol. The molecular weight excluding hydrogens is 232 g/mol. The van der Waals surface area contributed by atoms with E-state index in [1.54, 1.807) is 0 Å². The lowest BCUT2D eigenvalue weighted by molar-refractivity contribution is -0.128. The van der Waals surface area contributed by atoms with Gasteiger partial charge in [0.25, 0.3) is 0 Å². The van der Waals surface area contributed by atoms with Gasteiger partial charge in [-0.25, -0.2) is 0 Å². The highest BCUT2D eigenvalue weighted by Crippen LogP contribution is 2.41. The molecule has 2 rings (SSSR count). The summed E-state index contributed by atoms with van der Waals surface area (Å²) in [6.07, 6.45) is 2.99. The smallest absolute Gasteiger partial charge is 0.137 e. The Morgan fingerprint density at radius 1 is 1.16 bits per heavy atom. The molecule has 1 aliphatic carbocycles. The Hall–Kier alpha value is -1.11. The van der Waals surface area contributed by atoms with Gasteiger partial charge in [-0.3, -0.25) is 4.79 Å². The van der Waals surface area contributed by atoms with Gasteiger partial charge >= 0.3 is 0 Å². The molecule has 1 saturated carbocycles. The summed E-state index contributed by atoms with van der Waals surface area (Å²) in [5.74, 6) is 1.22. The zero-order valence-electron chi connectivity index (χ0n) is 12.9. The van der Waals surface area contributed by atoms with Gasteiger partial charge in [0.2, 0.25) is 0 Å². The van der Waals surface area contributed by atoms with Crippen LogP contribution in [-0.2, 0) is 10.2 Å². The number of ketones is 1. The molecule has 0 bridgehead atoms. The highest BCUT2D eigenvalue weighted by molar-refractivity contribution is 5.83. The van der Waals surface area contributed by atoms with E-state index in [-0.39, 0.29) is 11.3 Å². The van der Waals surface area contributed by atoms with Crippen molar-refractivity contribution in [3.63, 3.8) is 0 Å². The third-order valence-electron chi connectivity index (χ3n) is 4.83. The predicted octanol–water partition coefficient (Wildman–Crippen LogP) is 4.59. The minimum atomic E-state index is -0.0466. The predicted molar refractivity (Wildman–Crippen MR) is 80.5 cm³/mol. The number of hydrogen-bond acceptors (Lipinski definition) is 1. The Bertz CT molecular complexity index is 484. The summed E-state index contributed by atoms with van der Waals surface area (Å²) in [5.41, 5.74) is 3.90. The summed E-state index contributed by atoms with van der Waals surface area (Å²) < 4.78 is 0. The minimum absolute atomic E-state index is 0.0466. The molecule has 1 aromatic carbocycles. The Kier molecular flexibility index (Phi) is 3.85. The molecule has 1 aliphatic rings. The van der Waals surface area contributed by atoms with Crippen LogP contribution in [-0.4, -0.2) is 5.78 Å². The summed E-state index contributed by atoms with van der Waals surface area (Å²) in [4.78, 5) is 12.4. The summed E-state index contributed by atoms with van der Waals surface area (Å²) in [6.45, 7) is 11.0. The third kappa shape index (κ3) is 2.75. The topological polar surface area (TPSA) is 17.1 Å². The summed E-state index contributed by atoms with van der Waals surface area (Å²) in [5, 5.41) is 0. The molecule has 1 nitrogen and oxygen atoms in total. The van der Waals surface area contributed by atoms with E-state index in [4.69, 9.17) is 0 Å². The highest BCUT2D eigenvalue weighted by Gasteiger charge is 2.39. The van der Waals surface area contributed by atoms with Gasteiger partial charge in [0.1, 0.15) is 5.78 Å². The van der Waals surface area contributed by atoms with E-state index in [9.17, 15) is 4.79 Å². The average molecular weight is 258 g/mol. The van der Waals surface area contributed by atoms with Crippen molar-refractivity contribution in [1.29, 1.82) is 0 Å². The van der Waals surface area contributed by atoms with Crippen molar-refractivity contribution < 1.29 is 4.79 Å². The first-order valence-corrected chi connectivity index (χ1v) is 7.43. The van der Waals surface area contributed by atoms with Gasteiger partial charge in [0, 0.05) is 12.3 Å². The lowest BCUT2D eigenvalue weighted by Gasteiger charge is -2.38. The van der Waals surface area contributed by atoms with Gasteiger partial charge in [-0.05, 0) is 49.1 Å². The summed E-state index contributed by atoms with van der Waals surface area (Å²) in [7, 11) is 0. The molecule has 1 aromatic rings. The molecule has 0 spiro atoms. The second kappa shape index (κ2) is 5.11. The summed E-state index contributed by atoms with van der Waals surface area (Å²) in [6, 6.07) is 6.61. The fourth-order valence-electron chi connectivity index (χ4n) is 3.69. The number of Topliss-reactive ketones (excluding diaryl/α,β-unsaturated/α-hetero) is 1. The van der Waals surface area contributed by atoms with Crippen molar-refractivity contribution in [2.24, 2.45) is 11.8 Å². The lowest BCUT2D eigenvalue weighted by atomic mass is 9.64. The van der Waals surface area contributed by atoms with Gasteiger partial charge in [0.05, 0.1) is 0 Å². The van der Waals surface area contributed by atoms with Crippen molar-refractivity contribution in [1.82, 2.24) is 0 Å². The van der Waals surface area contributed by atoms with Crippen LogP contribution in [0.25, 0.3) is 0 Å². The van der Waals surface area contributed by atoms with Gasteiger partial charge in [-0.15, -0.1) is 0 Å². The van der Waals surface area contributed by atoms with E-state index in [0.29, 0.717) is 11.7 Å². The van der Waals surface area contributed by atoms with Crippen LogP contribution in [0.5, 0.6) is 0 Å². The number of carbonyl (C=O) groups is 1. The van der Waals surface area contributed by atoms with Crippen LogP contribution in [0.1, 0.15) is 56.7 Å². The van der Waals surface area contributed by atoms with Crippen LogP contribution >= 0.6 is 0 Å². The van der Waals surface area contributed by atoms with Crippen molar-refractivity contribution >= 4 is 5.78 Å². The molecule has 0 radical (unpaired) electrons. The van der Waals surface area contributed by atoms with Gasteiger partial charge < -0.3 is 0 Å². The van der Waals surface area contributed by atoms with Gasteiger partial charge in [0.15, 0.2) is 0 Å². The van der Waals surface area contributed by atoms with Crippen LogP contribution in [0, 0.1) is 25.7 Å². The molecule has 0 N–H and O–H groups in total. The third-order valence-corrected chi connectivity index (χ3v) is 4.83. The van der Waals surface area contributed by atoms with Crippen LogP contribution in [0.15, 0.2) is 18.2 Å². The Balaban J connectivity index is 2.33. The van der Waals surface area contributed by atoms with E-state index in [2.05, 4.69) is 52.8 Å². The van der Waals surface area contributed by atoms with E-state index in [0.717, 1.165) is 12.8 Å². The molecule has 0 heterocycles. The number of carbonyl (C=O) groups excluding carboxylic acids is 1. The van der Waals surface area contributed by atoms with Crippen molar-refractivity contribution in [2.75, 3.05) is 0 Å². The molecule has 1 fully saturated rings. The van der Waals surface area contributed by atoms with E-state index >= 15 is 0 Å². The number of benzene rings is 1. The normalized spacial score (nSPS) is 24.6. The van der Waals surface area contributed by atoms with Crippen LogP contribution in [0.2, 0.25) is 0 Å². The zero-order chi connectivity index (χ0) is 14.2. The SMILES string of the molecule is Cc1ccc(C(C)(C)C2CCC(C)CC2=O)c(C)c1. The number of rotatable bonds is 2. The quantitative estimate of drug-likeness (QED) is 0.758. The molecule has 0 aliphatic heterocycles. The standard InChI is InChI=1S/C18H26O/c1-12-6-8-15(14(3)10-12)18(4,5)16-9-7-13(2)11-17(16)19/h6,8,10,13,16H,7,9,11H2,1-5H3. The first kappa shape index (κ1) is 14.3. The molecule has 1 heteroatoms. The van der Waals surface area contributed by atoms with Crippen LogP contribution in [0.3, 0.4) is 0 Å². The Morgan fingerprint density at radius 2 is 1.84 bits per heavy atom. The van der Waals surface area contributed by atoms with Gasteiger partial charge in [-0.1, -0.05) is 44.5 Å². The second-order valence-corrected chi connectivity index (χ2v) is 6.95. The Morgan fingerprint density at radius 3 is 2.42 bits per heavy atom. The first-order valence-electron chi connectivity index (χ1n) is 7.43.